The van der Waals surface area contributed by atoms with Crippen LogP contribution >= 0.6 is 0 Å². The predicted octanol–water partition coefficient (Wildman–Crippen LogP) is 1.97. The first kappa shape index (κ1) is 13.4. The molecule has 1 fully saturated rings. The molecular weight excluding hydrogens is 252 g/mol. The van der Waals surface area contributed by atoms with Gasteiger partial charge in [0.2, 0.25) is 0 Å². The van der Waals surface area contributed by atoms with Gasteiger partial charge in [0, 0.05) is 25.8 Å². The number of carboxylic acid groups (broad SMARTS) is 1. The van der Waals surface area contributed by atoms with E-state index in [0.29, 0.717) is 0 Å². The topological polar surface area (TPSA) is 43.8 Å². The Hall–Kier alpha value is -1.55. The zero-order valence-corrected chi connectivity index (χ0v) is 12.2. The van der Waals surface area contributed by atoms with Crippen LogP contribution in [0.2, 0.25) is 0 Å². The summed E-state index contributed by atoms with van der Waals surface area (Å²) >= 11 is 0. The van der Waals surface area contributed by atoms with Gasteiger partial charge in [0.05, 0.1) is 0 Å². The summed E-state index contributed by atoms with van der Waals surface area (Å²) in [5.74, 6) is -0.441. The second kappa shape index (κ2) is 5.09. The second-order valence-corrected chi connectivity index (χ2v) is 6.15. The third-order valence-corrected chi connectivity index (χ3v) is 4.71. The molecule has 0 radical (unpaired) electrons. The smallest absolute Gasteiger partial charge is 0.321 e. The van der Waals surface area contributed by atoms with Crippen molar-refractivity contribution in [2.24, 2.45) is 5.92 Å². The van der Waals surface area contributed by atoms with Gasteiger partial charge >= 0.3 is 5.97 Å². The maximum absolute atomic E-state index is 11.4. The van der Waals surface area contributed by atoms with E-state index in [4.69, 9.17) is 0 Å². The van der Waals surface area contributed by atoms with Crippen molar-refractivity contribution < 1.29 is 9.90 Å². The molecule has 2 atom stereocenters. The van der Waals surface area contributed by atoms with E-state index in [1.165, 1.54) is 16.8 Å². The average Bonchev–Trinajstić information content (AvgIpc) is 2.94. The van der Waals surface area contributed by atoms with E-state index in [-0.39, 0.29) is 12.0 Å². The van der Waals surface area contributed by atoms with Crippen molar-refractivity contribution >= 4 is 11.7 Å². The van der Waals surface area contributed by atoms with Crippen LogP contribution in [0.15, 0.2) is 18.2 Å². The molecule has 0 spiro atoms. The third kappa shape index (κ3) is 2.29. The molecule has 20 heavy (non-hydrogen) atoms. The SMILES string of the molecule is CC1CCN(Cc2ccc3c(c2)CCN3C)C1C(=O)O. The number of likely N-dealkylation sites (tertiary alicyclic amines) is 1. The Balaban J connectivity index is 1.77. The Kier molecular flexibility index (Phi) is 3.42. The number of carbonyl (C=O) groups is 1. The maximum atomic E-state index is 11.4. The van der Waals surface area contributed by atoms with Gasteiger partial charge in [0.1, 0.15) is 6.04 Å². The van der Waals surface area contributed by atoms with Gasteiger partial charge in [-0.05, 0) is 42.5 Å². The summed E-state index contributed by atoms with van der Waals surface area (Å²) in [6.45, 7) is 4.75. The van der Waals surface area contributed by atoms with E-state index in [9.17, 15) is 9.90 Å². The molecular formula is C16H22N2O2. The van der Waals surface area contributed by atoms with E-state index in [1.807, 2.05) is 6.92 Å². The number of carboxylic acids is 1. The number of rotatable bonds is 3. The highest BCUT2D eigenvalue weighted by Crippen LogP contribution is 2.30. The molecule has 1 N–H and O–H groups in total. The molecule has 0 amide bonds. The molecule has 1 aromatic rings. The van der Waals surface area contributed by atoms with Gasteiger partial charge in [0.15, 0.2) is 0 Å². The van der Waals surface area contributed by atoms with E-state index in [0.717, 1.165) is 32.5 Å². The second-order valence-electron chi connectivity index (χ2n) is 6.15. The molecule has 2 aliphatic rings. The highest BCUT2D eigenvalue weighted by Gasteiger charge is 2.36. The zero-order chi connectivity index (χ0) is 14.3. The lowest BCUT2D eigenvalue weighted by atomic mass is 10.0. The standard InChI is InChI=1S/C16H22N2O2/c1-11-5-8-18(15(11)16(19)20)10-12-3-4-14-13(9-12)6-7-17(14)2/h3-4,9,11,15H,5-8,10H2,1-2H3,(H,19,20). The molecule has 0 bridgehead atoms. The van der Waals surface area contributed by atoms with Gasteiger partial charge in [-0.25, -0.2) is 0 Å². The molecule has 2 unspecified atom stereocenters. The fraction of sp³-hybridized carbons (Fsp3) is 0.562. The molecule has 0 aliphatic carbocycles. The van der Waals surface area contributed by atoms with E-state index in [1.54, 1.807) is 0 Å². The van der Waals surface area contributed by atoms with Gasteiger partial charge in [-0.2, -0.15) is 0 Å². The summed E-state index contributed by atoms with van der Waals surface area (Å²) in [4.78, 5) is 15.8. The van der Waals surface area contributed by atoms with Crippen LogP contribution in [0.3, 0.4) is 0 Å². The summed E-state index contributed by atoms with van der Waals surface area (Å²) in [6.07, 6.45) is 2.07. The molecule has 2 heterocycles. The van der Waals surface area contributed by atoms with E-state index < -0.39 is 5.97 Å². The Morgan fingerprint density at radius 2 is 2.20 bits per heavy atom. The Morgan fingerprint density at radius 1 is 1.40 bits per heavy atom. The number of nitrogens with zero attached hydrogens (tertiary/aromatic N) is 2. The number of anilines is 1. The maximum Gasteiger partial charge on any atom is 0.321 e. The summed E-state index contributed by atoms with van der Waals surface area (Å²) in [5, 5.41) is 9.37. The van der Waals surface area contributed by atoms with Crippen LogP contribution in [0, 0.1) is 5.92 Å². The first-order chi connectivity index (χ1) is 9.56. The molecule has 2 aliphatic heterocycles. The van der Waals surface area contributed by atoms with Crippen LogP contribution < -0.4 is 4.90 Å². The monoisotopic (exact) mass is 274 g/mol. The summed E-state index contributed by atoms with van der Waals surface area (Å²) in [7, 11) is 2.12. The van der Waals surface area contributed by atoms with Crippen LogP contribution in [0.5, 0.6) is 0 Å². The van der Waals surface area contributed by atoms with Crippen LogP contribution in [-0.4, -0.2) is 42.2 Å². The number of benzene rings is 1. The van der Waals surface area contributed by atoms with Crippen LogP contribution in [0.25, 0.3) is 0 Å². The molecule has 0 saturated carbocycles. The molecule has 1 aromatic carbocycles. The first-order valence-corrected chi connectivity index (χ1v) is 7.36. The van der Waals surface area contributed by atoms with Gasteiger partial charge < -0.3 is 10.0 Å². The predicted molar refractivity (Wildman–Crippen MR) is 79.0 cm³/mol. The lowest BCUT2D eigenvalue weighted by Crippen LogP contribution is -2.38. The molecule has 4 nitrogen and oxygen atoms in total. The number of hydrogen-bond acceptors (Lipinski definition) is 3. The van der Waals surface area contributed by atoms with Gasteiger partial charge in [-0.3, -0.25) is 9.69 Å². The van der Waals surface area contributed by atoms with Gasteiger partial charge in [-0.15, -0.1) is 0 Å². The Morgan fingerprint density at radius 3 is 2.95 bits per heavy atom. The lowest BCUT2D eigenvalue weighted by molar-refractivity contribution is -0.143. The normalized spacial score (nSPS) is 26.0. The van der Waals surface area contributed by atoms with Crippen molar-refractivity contribution in [1.82, 2.24) is 4.90 Å². The Bertz CT molecular complexity index is 529. The lowest BCUT2D eigenvalue weighted by Gasteiger charge is -2.23. The average molecular weight is 274 g/mol. The van der Waals surface area contributed by atoms with Crippen molar-refractivity contribution in [3.05, 3.63) is 29.3 Å². The quantitative estimate of drug-likeness (QED) is 0.915. The molecule has 0 aromatic heterocycles. The minimum absolute atomic E-state index is 0.244. The number of fused-ring (bicyclic) bond motifs is 1. The van der Waals surface area contributed by atoms with Crippen LogP contribution in [0.4, 0.5) is 5.69 Å². The molecule has 108 valence electrons. The van der Waals surface area contributed by atoms with Gasteiger partial charge in [-0.1, -0.05) is 19.1 Å². The fourth-order valence-electron chi connectivity index (χ4n) is 3.56. The van der Waals surface area contributed by atoms with Gasteiger partial charge in [0.25, 0.3) is 0 Å². The molecule has 1 saturated heterocycles. The highest BCUT2D eigenvalue weighted by molar-refractivity contribution is 5.74. The minimum Gasteiger partial charge on any atom is -0.480 e. The zero-order valence-electron chi connectivity index (χ0n) is 12.2. The molecule has 3 rings (SSSR count). The highest BCUT2D eigenvalue weighted by atomic mass is 16.4. The first-order valence-electron chi connectivity index (χ1n) is 7.36. The van der Waals surface area contributed by atoms with Crippen LogP contribution in [-0.2, 0) is 17.8 Å². The van der Waals surface area contributed by atoms with E-state index >= 15 is 0 Å². The van der Waals surface area contributed by atoms with Crippen molar-refractivity contribution in [1.29, 1.82) is 0 Å². The summed E-state index contributed by atoms with van der Waals surface area (Å²) < 4.78 is 0. The minimum atomic E-state index is -0.684. The van der Waals surface area contributed by atoms with Crippen molar-refractivity contribution in [3.63, 3.8) is 0 Å². The number of likely N-dealkylation sites (N-methyl/N-ethyl adjacent to an activating group) is 1. The third-order valence-electron chi connectivity index (χ3n) is 4.71. The summed E-state index contributed by atoms with van der Waals surface area (Å²) in [5.41, 5.74) is 3.95. The van der Waals surface area contributed by atoms with Crippen LogP contribution in [0.1, 0.15) is 24.5 Å². The number of aliphatic carboxylic acids is 1. The Labute approximate surface area is 120 Å². The van der Waals surface area contributed by atoms with Crippen molar-refractivity contribution in [3.8, 4) is 0 Å². The fourth-order valence-corrected chi connectivity index (χ4v) is 3.56. The summed E-state index contributed by atoms with van der Waals surface area (Å²) in [6, 6.07) is 6.24. The molecule has 4 heteroatoms. The van der Waals surface area contributed by atoms with Crippen molar-refractivity contribution in [2.75, 3.05) is 25.0 Å². The largest absolute Gasteiger partial charge is 0.480 e. The van der Waals surface area contributed by atoms with Crippen molar-refractivity contribution in [2.45, 2.75) is 32.4 Å². The number of hydrogen-bond donors (Lipinski definition) is 1. The van der Waals surface area contributed by atoms with E-state index in [2.05, 4.69) is 35.0 Å².